The van der Waals surface area contributed by atoms with Gasteiger partial charge >= 0.3 is 0 Å². The van der Waals surface area contributed by atoms with Gasteiger partial charge in [0.25, 0.3) is 0 Å². The summed E-state index contributed by atoms with van der Waals surface area (Å²) in [5.74, 6) is -1.47. The van der Waals surface area contributed by atoms with Crippen molar-refractivity contribution < 1.29 is 8.78 Å². The molecule has 1 aromatic rings. The summed E-state index contributed by atoms with van der Waals surface area (Å²) in [5.41, 5.74) is 0.571. The fourth-order valence-corrected chi connectivity index (χ4v) is 2.13. The Bertz CT molecular complexity index is 383. The standard InChI is InChI=1S/C15H23F2N/c1-5-18-13(15(2,3)4)10-9-11-7-6-8-12(16)14(11)17/h6-8,13,18H,5,9-10H2,1-4H3. The van der Waals surface area contributed by atoms with E-state index in [1.54, 1.807) is 12.1 Å². The Hall–Kier alpha value is -0.960. The fraction of sp³-hybridized carbons (Fsp3) is 0.600. The Morgan fingerprint density at radius 2 is 1.89 bits per heavy atom. The van der Waals surface area contributed by atoms with Gasteiger partial charge in [0.2, 0.25) is 0 Å². The highest BCUT2D eigenvalue weighted by molar-refractivity contribution is 5.19. The highest BCUT2D eigenvalue weighted by Crippen LogP contribution is 2.24. The van der Waals surface area contributed by atoms with E-state index in [2.05, 4.69) is 33.0 Å². The van der Waals surface area contributed by atoms with E-state index in [1.807, 2.05) is 0 Å². The first-order chi connectivity index (χ1) is 8.36. The van der Waals surface area contributed by atoms with Crippen molar-refractivity contribution in [1.82, 2.24) is 5.32 Å². The molecule has 1 nitrogen and oxygen atoms in total. The van der Waals surface area contributed by atoms with E-state index < -0.39 is 11.6 Å². The second kappa shape index (κ2) is 6.28. The second-order valence-corrected chi connectivity index (χ2v) is 5.73. The maximum Gasteiger partial charge on any atom is 0.162 e. The van der Waals surface area contributed by atoms with Crippen molar-refractivity contribution in [1.29, 1.82) is 0 Å². The van der Waals surface area contributed by atoms with Crippen LogP contribution in [0.1, 0.15) is 39.7 Å². The maximum atomic E-state index is 13.5. The number of halogens is 2. The van der Waals surface area contributed by atoms with Crippen LogP contribution in [-0.2, 0) is 6.42 Å². The third-order valence-electron chi connectivity index (χ3n) is 3.23. The molecule has 0 aliphatic rings. The Kier molecular flexibility index (Phi) is 5.27. The van der Waals surface area contributed by atoms with Crippen LogP contribution < -0.4 is 5.32 Å². The van der Waals surface area contributed by atoms with Crippen molar-refractivity contribution >= 4 is 0 Å². The molecule has 102 valence electrons. The minimum atomic E-state index is -0.761. The summed E-state index contributed by atoms with van der Waals surface area (Å²) in [6.45, 7) is 9.40. The van der Waals surface area contributed by atoms with E-state index in [4.69, 9.17) is 0 Å². The maximum absolute atomic E-state index is 13.5. The SMILES string of the molecule is CCNC(CCc1cccc(F)c1F)C(C)(C)C. The molecule has 0 radical (unpaired) electrons. The van der Waals surface area contributed by atoms with Crippen LogP contribution in [0.3, 0.4) is 0 Å². The van der Waals surface area contributed by atoms with Crippen molar-refractivity contribution in [3.8, 4) is 0 Å². The second-order valence-electron chi connectivity index (χ2n) is 5.73. The lowest BCUT2D eigenvalue weighted by atomic mass is 9.83. The largest absolute Gasteiger partial charge is 0.314 e. The lowest BCUT2D eigenvalue weighted by molar-refractivity contribution is 0.257. The zero-order chi connectivity index (χ0) is 13.8. The Balaban J connectivity index is 2.70. The van der Waals surface area contributed by atoms with E-state index >= 15 is 0 Å². The van der Waals surface area contributed by atoms with E-state index in [9.17, 15) is 8.78 Å². The summed E-state index contributed by atoms with van der Waals surface area (Å²) in [5, 5.41) is 3.41. The third-order valence-corrected chi connectivity index (χ3v) is 3.23. The zero-order valence-corrected chi connectivity index (χ0v) is 11.7. The number of rotatable bonds is 5. The van der Waals surface area contributed by atoms with Crippen LogP contribution in [0.25, 0.3) is 0 Å². The van der Waals surface area contributed by atoms with Gasteiger partial charge in [-0.2, -0.15) is 0 Å². The number of aryl methyl sites for hydroxylation is 1. The molecule has 0 heterocycles. The van der Waals surface area contributed by atoms with Gasteiger partial charge in [-0.3, -0.25) is 0 Å². The molecule has 3 heteroatoms. The highest BCUT2D eigenvalue weighted by Gasteiger charge is 2.23. The number of benzene rings is 1. The Morgan fingerprint density at radius 3 is 2.44 bits per heavy atom. The molecule has 1 unspecified atom stereocenters. The van der Waals surface area contributed by atoms with Crippen molar-refractivity contribution in [2.45, 2.75) is 46.6 Å². The predicted molar refractivity (Wildman–Crippen MR) is 71.6 cm³/mol. The highest BCUT2D eigenvalue weighted by atomic mass is 19.2. The van der Waals surface area contributed by atoms with Gasteiger partial charge in [-0.25, -0.2) is 8.78 Å². The average molecular weight is 255 g/mol. The van der Waals surface area contributed by atoms with Crippen LogP contribution in [0.2, 0.25) is 0 Å². The quantitative estimate of drug-likeness (QED) is 0.841. The Labute approximate surface area is 109 Å². The first-order valence-electron chi connectivity index (χ1n) is 6.52. The van der Waals surface area contributed by atoms with Crippen LogP contribution in [0.5, 0.6) is 0 Å². The molecule has 1 atom stereocenters. The molecule has 0 fully saturated rings. The summed E-state index contributed by atoms with van der Waals surface area (Å²) in [6.07, 6.45) is 1.36. The first-order valence-corrected chi connectivity index (χ1v) is 6.52. The van der Waals surface area contributed by atoms with Gasteiger partial charge in [-0.1, -0.05) is 39.8 Å². The molecule has 18 heavy (non-hydrogen) atoms. The minimum Gasteiger partial charge on any atom is -0.314 e. The van der Waals surface area contributed by atoms with Gasteiger partial charge < -0.3 is 5.32 Å². The molecule has 0 amide bonds. The predicted octanol–water partition coefficient (Wildman–Crippen LogP) is 3.92. The molecule has 0 aliphatic carbocycles. The van der Waals surface area contributed by atoms with Crippen molar-refractivity contribution in [3.05, 3.63) is 35.4 Å². The summed E-state index contributed by atoms with van der Waals surface area (Å²) in [6, 6.07) is 4.67. The molecule has 1 rings (SSSR count). The molecule has 0 aliphatic heterocycles. The molecule has 0 aromatic heterocycles. The number of hydrogen-bond acceptors (Lipinski definition) is 1. The van der Waals surface area contributed by atoms with Crippen LogP contribution in [0.15, 0.2) is 18.2 Å². The molecule has 0 saturated heterocycles. The minimum absolute atomic E-state index is 0.111. The molecule has 1 aromatic carbocycles. The fourth-order valence-electron chi connectivity index (χ4n) is 2.13. The van der Waals surface area contributed by atoms with Gasteiger partial charge in [-0.15, -0.1) is 0 Å². The van der Waals surface area contributed by atoms with Crippen molar-refractivity contribution in [2.24, 2.45) is 5.41 Å². The van der Waals surface area contributed by atoms with Crippen LogP contribution >= 0.6 is 0 Å². The van der Waals surface area contributed by atoms with Crippen molar-refractivity contribution in [2.75, 3.05) is 6.54 Å². The summed E-state index contributed by atoms with van der Waals surface area (Å²) in [4.78, 5) is 0. The van der Waals surface area contributed by atoms with Gasteiger partial charge in [0.15, 0.2) is 11.6 Å². The molecular formula is C15H23F2N. The topological polar surface area (TPSA) is 12.0 Å². The van der Waals surface area contributed by atoms with Crippen molar-refractivity contribution in [3.63, 3.8) is 0 Å². The summed E-state index contributed by atoms with van der Waals surface area (Å²) >= 11 is 0. The summed E-state index contributed by atoms with van der Waals surface area (Å²) < 4.78 is 26.6. The van der Waals surface area contributed by atoms with E-state index in [0.29, 0.717) is 18.0 Å². The first kappa shape index (κ1) is 15.1. The monoisotopic (exact) mass is 255 g/mol. The van der Waals surface area contributed by atoms with Crippen LogP contribution in [0, 0.1) is 17.0 Å². The van der Waals surface area contributed by atoms with Gasteiger partial charge in [0.1, 0.15) is 0 Å². The average Bonchev–Trinajstić information content (AvgIpc) is 2.28. The van der Waals surface area contributed by atoms with Gasteiger partial charge in [0, 0.05) is 6.04 Å². The molecule has 1 N–H and O–H groups in total. The molecule has 0 saturated carbocycles. The lowest BCUT2D eigenvalue weighted by Crippen LogP contribution is -2.40. The van der Waals surface area contributed by atoms with Crippen LogP contribution in [0.4, 0.5) is 8.78 Å². The third kappa shape index (κ3) is 4.05. The molecule has 0 bridgehead atoms. The number of nitrogens with one attached hydrogen (secondary N) is 1. The zero-order valence-electron chi connectivity index (χ0n) is 11.7. The Morgan fingerprint density at radius 1 is 1.22 bits per heavy atom. The number of hydrogen-bond donors (Lipinski definition) is 1. The summed E-state index contributed by atoms with van der Waals surface area (Å²) in [7, 11) is 0. The smallest absolute Gasteiger partial charge is 0.162 e. The lowest BCUT2D eigenvalue weighted by Gasteiger charge is -2.31. The molecular weight excluding hydrogens is 232 g/mol. The van der Waals surface area contributed by atoms with Crippen LogP contribution in [-0.4, -0.2) is 12.6 Å². The van der Waals surface area contributed by atoms with E-state index in [-0.39, 0.29) is 5.41 Å². The van der Waals surface area contributed by atoms with E-state index in [1.165, 1.54) is 0 Å². The van der Waals surface area contributed by atoms with E-state index in [0.717, 1.165) is 19.0 Å². The van der Waals surface area contributed by atoms with Gasteiger partial charge in [0.05, 0.1) is 0 Å². The molecule has 0 spiro atoms. The van der Waals surface area contributed by atoms with Gasteiger partial charge in [-0.05, 0) is 36.4 Å². The normalized spacial score (nSPS) is 13.7.